The number of hydrogen-bond donors (Lipinski definition) is 0. The third kappa shape index (κ3) is 4.18. The minimum Gasteiger partial charge on any atom is -0.356 e. The number of nitrogens with zero attached hydrogens (tertiary/aromatic N) is 6. The largest absolute Gasteiger partial charge is 0.356 e. The van der Waals surface area contributed by atoms with E-state index < -0.39 is 0 Å². The lowest BCUT2D eigenvalue weighted by Gasteiger charge is -2.37. The summed E-state index contributed by atoms with van der Waals surface area (Å²) in [5.41, 5.74) is 4.13. The summed E-state index contributed by atoms with van der Waals surface area (Å²) in [7, 11) is 1.94. The van der Waals surface area contributed by atoms with Crippen LogP contribution in [-0.4, -0.2) is 56.7 Å². The van der Waals surface area contributed by atoms with Crippen LogP contribution in [0, 0.1) is 27.7 Å². The van der Waals surface area contributed by atoms with E-state index in [1.165, 1.54) is 0 Å². The molecule has 1 fully saturated rings. The second kappa shape index (κ2) is 8.29. The molecule has 0 spiro atoms. The molecule has 152 valence electrons. The van der Waals surface area contributed by atoms with Gasteiger partial charge in [0.05, 0.1) is 12.1 Å². The van der Waals surface area contributed by atoms with Crippen molar-refractivity contribution in [2.24, 2.45) is 0 Å². The SMILES string of the molecule is CCn1nc(C)c(CC(=O)N(C)C2CCN(c3cc(C)nc(C)n3)CC2)c1C. The van der Waals surface area contributed by atoms with Crippen LogP contribution in [0.5, 0.6) is 0 Å². The molecule has 0 aliphatic carbocycles. The normalized spacial score (nSPS) is 15.1. The van der Waals surface area contributed by atoms with Crippen LogP contribution >= 0.6 is 0 Å². The van der Waals surface area contributed by atoms with E-state index >= 15 is 0 Å². The molecule has 28 heavy (non-hydrogen) atoms. The van der Waals surface area contributed by atoms with Gasteiger partial charge < -0.3 is 9.80 Å². The van der Waals surface area contributed by atoms with Gasteiger partial charge in [-0.25, -0.2) is 9.97 Å². The zero-order valence-corrected chi connectivity index (χ0v) is 18.0. The van der Waals surface area contributed by atoms with E-state index in [0.29, 0.717) is 6.42 Å². The molecule has 0 saturated carbocycles. The van der Waals surface area contributed by atoms with Gasteiger partial charge in [-0.05, 0) is 47.5 Å². The van der Waals surface area contributed by atoms with Gasteiger partial charge in [0.25, 0.3) is 0 Å². The number of rotatable bonds is 5. The Labute approximate surface area is 167 Å². The van der Waals surface area contributed by atoms with Gasteiger partial charge in [0.15, 0.2) is 0 Å². The molecule has 1 saturated heterocycles. The number of carbonyl (C=O) groups is 1. The van der Waals surface area contributed by atoms with Crippen molar-refractivity contribution in [3.05, 3.63) is 34.5 Å². The zero-order chi connectivity index (χ0) is 20.4. The Morgan fingerprint density at radius 1 is 1.18 bits per heavy atom. The van der Waals surface area contributed by atoms with Crippen molar-refractivity contribution in [2.75, 3.05) is 25.0 Å². The molecule has 2 aromatic heterocycles. The molecule has 0 radical (unpaired) electrons. The molecule has 3 rings (SSSR count). The second-order valence-electron chi connectivity index (χ2n) is 7.78. The number of aryl methyl sites for hydroxylation is 4. The first-order valence-electron chi connectivity index (χ1n) is 10.2. The summed E-state index contributed by atoms with van der Waals surface area (Å²) in [6.07, 6.45) is 2.34. The summed E-state index contributed by atoms with van der Waals surface area (Å²) in [5, 5.41) is 4.54. The smallest absolute Gasteiger partial charge is 0.227 e. The van der Waals surface area contributed by atoms with Gasteiger partial charge in [-0.1, -0.05) is 0 Å². The molecular weight excluding hydrogens is 352 g/mol. The monoisotopic (exact) mass is 384 g/mol. The summed E-state index contributed by atoms with van der Waals surface area (Å²) >= 11 is 0. The molecule has 0 N–H and O–H groups in total. The number of amides is 1. The maximum atomic E-state index is 12.9. The quantitative estimate of drug-likeness (QED) is 0.793. The zero-order valence-electron chi connectivity index (χ0n) is 18.0. The van der Waals surface area contributed by atoms with Crippen LogP contribution in [0.3, 0.4) is 0 Å². The number of aromatic nitrogens is 4. The number of carbonyl (C=O) groups excluding carboxylic acids is 1. The molecular formula is C21H32N6O. The van der Waals surface area contributed by atoms with E-state index in [2.05, 4.69) is 33.8 Å². The Kier molecular flexibility index (Phi) is 6.01. The highest BCUT2D eigenvalue weighted by Crippen LogP contribution is 2.22. The second-order valence-corrected chi connectivity index (χ2v) is 7.78. The van der Waals surface area contributed by atoms with Gasteiger partial charge >= 0.3 is 0 Å². The van der Waals surface area contributed by atoms with Crippen LogP contribution in [0.1, 0.15) is 48.2 Å². The molecule has 1 amide bonds. The topological polar surface area (TPSA) is 67.2 Å². The molecule has 2 aromatic rings. The van der Waals surface area contributed by atoms with Crippen molar-refractivity contribution in [2.45, 2.75) is 66.5 Å². The number of likely N-dealkylation sites (N-methyl/N-ethyl adjacent to an activating group) is 1. The molecule has 0 atom stereocenters. The van der Waals surface area contributed by atoms with Gasteiger partial charge in [0, 0.05) is 55.7 Å². The Morgan fingerprint density at radius 2 is 1.86 bits per heavy atom. The summed E-state index contributed by atoms with van der Waals surface area (Å²) in [6.45, 7) is 12.7. The Bertz CT molecular complexity index is 831. The van der Waals surface area contributed by atoms with E-state index in [4.69, 9.17) is 0 Å². The molecule has 7 heteroatoms. The average Bonchev–Trinajstić information content (AvgIpc) is 2.94. The summed E-state index contributed by atoms with van der Waals surface area (Å²) in [4.78, 5) is 26.1. The van der Waals surface area contributed by atoms with Crippen molar-refractivity contribution >= 4 is 11.7 Å². The number of piperidine rings is 1. The van der Waals surface area contributed by atoms with E-state index in [1.807, 2.05) is 43.5 Å². The van der Waals surface area contributed by atoms with Crippen LogP contribution in [0.4, 0.5) is 5.82 Å². The molecule has 3 heterocycles. The van der Waals surface area contributed by atoms with Gasteiger partial charge in [-0.2, -0.15) is 5.10 Å². The highest BCUT2D eigenvalue weighted by molar-refractivity contribution is 5.79. The van der Waals surface area contributed by atoms with Crippen molar-refractivity contribution < 1.29 is 4.79 Å². The lowest BCUT2D eigenvalue weighted by atomic mass is 10.0. The Balaban J connectivity index is 1.61. The van der Waals surface area contributed by atoms with E-state index in [0.717, 1.165) is 66.8 Å². The highest BCUT2D eigenvalue weighted by atomic mass is 16.2. The van der Waals surface area contributed by atoms with Crippen LogP contribution < -0.4 is 4.90 Å². The Morgan fingerprint density at radius 3 is 2.43 bits per heavy atom. The minimum atomic E-state index is 0.175. The molecule has 0 aromatic carbocycles. The molecule has 1 aliphatic rings. The lowest BCUT2D eigenvalue weighted by molar-refractivity contribution is -0.131. The highest BCUT2D eigenvalue weighted by Gasteiger charge is 2.27. The maximum absolute atomic E-state index is 12.9. The molecule has 0 unspecified atom stereocenters. The first-order chi connectivity index (χ1) is 13.3. The molecule has 1 aliphatic heterocycles. The predicted molar refractivity (Wildman–Crippen MR) is 111 cm³/mol. The molecule has 7 nitrogen and oxygen atoms in total. The number of hydrogen-bond acceptors (Lipinski definition) is 5. The first-order valence-corrected chi connectivity index (χ1v) is 10.2. The van der Waals surface area contributed by atoms with Gasteiger partial charge in [0.1, 0.15) is 11.6 Å². The third-order valence-corrected chi connectivity index (χ3v) is 5.84. The van der Waals surface area contributed by atoms with Gasteiger partial charge in [-0.3, -0.25) is 9.48 Å². The van der Waals surface area contributed by atoms with Crippen molar-refractivity contribution in [3.63, 3.8) is 0 Å². The average molecular weight is 385 g/mol. The van der Waals surface area contributed by atoms with E-state index in [1.54, 1.807) is 0 Å². The summed E-state index contributed by atoms with van der Waals surface area (Å²) < 4.78 is 1.97. The number of anilines is 1. The summed E-state index contributed by atoms with van der Waals surface area (Å²) in [6, 6.07) is 2.31. The van der Waals surface area contributed by atoms with E-state index in [9.17, 15) is 4.79 Å². The van der Waals surface area contributed by atoms with Crippen LogP contribution in [-0.2, 0) is 17.8 Å². The van der Waals surface area contributed by atoms with Gasteiger partial charge in [-0.15, -0.1) is 0 Å². The maximum Gasteiger partial charge on any atom is 0.227 e. The van der Waals surface area contributed by atoms with Crippen LogP contribution in [0.2, 0.25) is 0 Å². The van der Waals surface area contributed by atoms with Crippen LogP contribution in [0.15, 0.2) is 6.07 Å². The third-order valence-electron chi connectivity index (χ3n) is 5.84. The fourth-order valence-electron chi connectivity index (χ4n) is 4.12. The fourth-order valence-corrected chi connectivity index (χ4v) is 4.12. The van der Waals surface area contributed by atoms with Gasteiger partial charge in [0.2, 0.25) is 5.91 Å². The van der Waals surface area contributed by atoms with Crippen molar-refractivity contribution in [3.8, 4) is 0 Å². The first kappa shape index (κ1) is 20.3. The van der Waals surface area contributed by atoms with Crippen LogP contribution in [0.25, 0.3) is 0 Å². The predicted octanol–water partition coefficient (Wildman–Crippen LogP) is 2.60. The standard InChI is InChI=1S/C21H32N6O/c1-7-27-16(4)19(15(3)24-27)13-21(28)25(6)18-8-10-26(11-9-18)20-12-14(2)22-17(5)23-20/h12,18H,7-11,13H2,1-6H3. The minimum absolute atomic E-state index is 0.175. The molecule has 0 bridgehead atoms. The van der Waals surface area contributed by atoms with Crippen molar-refractivity contribution in [1.29, 1.82) is 0 Å². The fraction of sp³-hybridized carbons (Fsp3) is 0.619. The van der Waals surface area contributed by atoms with E-state index in [-0.39, 0.29) is 11.9 Å². The lowest BCUT2D eigenvalue weighted by Crippen LogP contribution is -2.46. The Hall–Kier alpha value is -2.44. The van der Waals surface area contributed by atoms with Crippen molar-refractivity contribution in [1.82, 2.24) is 24.6 Å². The summed E-state index contributed by atoms with van der Waals surface area (Å²) in [5.74, 6) is 1.98.